The number of anilines is 1. The molecule has 0 bridgehead atoms. The molecule has 2 saturated heterocycles. The van der Waals surface area contributed by atoms with Crippen molar-refractivity contribution in [3.63, 3.8) is 0 Å². The van der Waals surface area contributed by atoms with Crippen LogP contribution in [-0.4, -0.2) is 91.6 Å². The summed E-state index contributed by atoms with van der Waals surface area (Å²) in [6.07, 6.45) is 0. The van der Waals surface area contributed by atoms with E-state index in [9.17, 15) is 9.59 Å². The summed E-state index contributed by atoms with van der Waals surface area (Å²) in [5.74, 6) is 0.204. The van der Waals surface area contributed by atoms with E-state index in [4.69, 9.17) is 4.74 Å². The molecule has 2 fully saturated rings. The molecule has 7 heteroatoms. The van der Waals surface area contributed by atoms with Crippen LogP contribution in [0.15, 0.2) is 12.1 Å². The molecule has 0 saturated carbocycles. The number of nitrogens with zero attached hydrogens (tertiary/aromatic N) is 3. The molecule has 0 radical (unpaired) electrons. The summed E-state index contributed by atoms with van der Waals surface area (Å²) in [7, 11) is 0. The molecule has 2 amide bonds. The van der Waals surface area contributed by atoms with Crippen LogP contribution >= 0.6 is 0 Å². The van der Waals surface area contributed by atoms with Gasteiger partial charge >= 0.3 is 0 Å². The average Bonchev–Trinajstić information content (AvgIpc) is 2.71. The van der Waals surface area contributed by atoms with Crippen LogP contribution in [0.2, 0.25) is 0 Å². The number of rotatable bonds is 5. The van der Waals surface area contributed by atoms with Crippen molar-refractivity contribution in [1.29, 1.82) is 0 Å². The molecule has 0 aromatic heterocycles. The second-order valence-corrected chi connectivity index (χ2v) is 8.24. The molecule has 1 N–H and O–H groups in total. The summed E-state index contributed by atoms with van der Waals surface area (Å²) < 4.78 is 5.31. The molecule has 160 valence electrons. The van der Waals surface area contributed by atoms with Crippen molar-refractivity contribution >= 4 is 17.5 Å². The minimum Gasteiger partial charge on any atom is -0.378 e. The van der Waals surface area contributed by atoms with Gasteiger partial charge in [0.15, 0.2) is 0 Å². The number of carbonyl (C=O) groups is 2. The van der Waals surface area contributed by atoms with Crippen molar-refractivity contribution in [2.75, 3.05) is 64.3 Å². The summed E-state index contributed by atoms with van der Waals surface area (Å²) >= 11 is 0. The Hall–Kier alpha value is -1.96. The van der Waals surface area contributed by atoms with Gasteiger partial charge in [-0.25, -0.2) is 0 Å². The number of amides is 2. The summed E-state index contributed by atoms with van der Waals surface area (Å²) in [5.41, 5.74) is 4.31. The highest BCUT2D eigenvalue weighted by Crippen LogP contribution is 2.22. The lowest BCUT2D eigenvalue weighted by molar-refractivity contribution is -0.137. The maximum atomic E-state index is 12.8. The Balaban J connectivity index is 1.48. The molecule has 0 unspecified atom stereocenters. The molecular formula is C22H34N4O3. The van der Waals surface area contributed by atoms with E-state index >= 15 is 0 Å². The fourth-order valence-corrected chi connectivity index (χ4v) is 4.18. The van der Waals surface area contributed by atoms with E-state index in [1.807, 2.05) is 25.7 Å². The van der Waals surface area contributed by atoms with Crippen molar-refractivity contribution in [3.8, 4) is 0 Å². The predicted molar refractivity (Wildman–Crippen MR) is 114 cm³/mol. The van der Waals surface area contributed by atoms with E-state index in [2.05, 4.69) is 34.2 Å². The molecule has 7 nitrogen and oxygen atoms in total. The van der Waals surface area contributed by atoms with Gasteiger partial charge in [-0.2, -0.15) is 0 Å². The van der Waals surface area contributed by atoms with E-state index in [-0.39, 0.29) is 17.9 Å². The summed E-state index contributed by atoms with van der Waals surface area (Å²) in [6, 6.07) is 3.99. The molecule has 1 aromatic carbocycles. The zero-order chi connectivity index (χ0) is 21.0. The summed E-state index contributed by atoms with van der Waals surface area (Å²) in [6.45, 7) is 14.4. The molecule has 1 aromatic rings. The molecule has 3 rings (SSSR count). The second kappa shape index (κ2) is 9.69. The molecule has 0 spiro atoms. The van der Waals surface area contributed by atoms with Gasteiger partial charge in [0.2, 0.25) is 11.8 Å². The van der Waals surface area contributed by atoms with Gasteiger partial charge in [-0.3, -0.25) is 19.4 Å². The first kappa shape index (κ1) is 21.7. The van der Waals surface area contributed by atoms with Gasteiger partial charge in [-0.15, -0.1) is 0 Å². The molecule has 2 aliphatic heterocycles. The van der Waals surface area contributed by atoms with Gasteiger partial charge < -0.3 is 15.0 Å². The number of hydrogen-bond acceptors (Lipinski definition) is 5. The first-order valence-electron chi connectivity index (χ1n) is 10.6. The van der Waals surface area contributed by atoms with Crippen molar-refractivity contribution in [2.45, 2.75) is 33.7 Å². The fraction of sp³-hybridized carbons (Fsp3) is 0.636. The lowest BCUT2D eigenvalue weighted by Crippen LogP contribution is -2.55. The molecule has 2 heterocycles. The minimum atomic E-state index is -0.202. The third-order valence-corrected chi connectivity index (χ3v) is 5.98. The highest BCUT2D eigenvalue weighted by Gasteiger charge is 2.28. The van der Waals surface area contributed by atoms with Crippen molar-refractivity contribution in [2.24, 2.45) is 0 Å². The number of benzene rings is 1. The first-order chi connectivity index (χ1) is 13.8. The molecule has 1 atom stereocenters. The van der Waals surface area contributed by atoms with Gasteiger partial charge in [0.1, 0.15) is 0 Å². The van der Waals surface area contributed by atoms with Crippen LogP contribution < -0.4 is 5.32 Å². The smallest absolute Gasteiger partial charge is 0.241 e. The Labute approximate surface area is 174 Å². The third-order valence-electron chi connectivity index (χ3n) is 5.98. The van der Waals surface area contributed by atoms with E-state index in [0.717, 1.165) is 43.0 Å². The Morgan fingerprint density at radius 1 is 1.00 bits per heavy atom. The van der Waals surface area contributed by atoms with E-state index in [1.54, 1.807) is 0 Å². The predicted octanol–water partition coefficient (Wildman–Crippen LogP) is 1.42. The SMILES string of the molecule is Cc1cc(C)c(NC(=O)[C@@H](C)N2CCN(CC(=O)N3CCOCC3)CC2)c(C)c1. The number of piperazine rings is 1. The molecular weight excluding hydrogens is 368 g/mol. The molecule has 2 aliphatic rings. The first-order valence-corrected chi connectivity index (χ1v) is 10.6. The van der Waals surface area contributed by atoms with Gasteiger partial charge in [0.25, 0.3) is 0 Å². The largest absolute Gasteiger partial charge is 0.378 e. The van der Waals surface area contributed by atoms with Gasteiger partial charge in [0, 0.05) is 45.0 Å². The Morgan fingerprint density at radius 3 is 2.17 bits per heavy atom. The quantitative estimate of drug-likeness (QED) is 0.807. The summed E-state index contributed by atoms with van der Waals surface area (Å²) in [5, 5.41) is 3.12. The van der Waals surface area contributed by atoms with E-state index < -0.39 is 0 Å². The second-order valence-electron chi connectivity index (χ2n) is 8.24. The van der Waals surface area contributed by atoms with Gasteiger partial charge in [-0.05, 0) is 38.8 Å². The van der Waals surface area contributed by atoms with E-state index in [1.165, 1.54) is 5.56 Å². The zero-order valence-corrected chi connectivity index (χ0v) is 18.2. The van der Waals surface area contributed by atoms with Crippen molar-refractivity contribution in [3.05, 3.63) is 28.8 Å². The van der Waals surface area contributed by atoms with Crippen LogP contribution in [0.25, 0.3) is 0 Å². The van der Waals surface area contributed by atoms with Crippen LogP contribution in [-0.2, 0) is 14.3 Å². The van der Waals surface area contributed by atoms with Crippen molar-refractivity contribution < 1.29 is 14.3 Å². The minimum absolute atomic E-state index is 0.0258. The number of nitrogens with one attached hydrogen (secondary N) is 1. The van der Waals surface area contributed by atoms with Crippen LogP contribution in [0.5, 0.6) is 0 Å². The highest BCUT2D eigenvalue weighted by atomic mass is 16.5. The topological polar surface area (TPSA) is 65.1 Å². The lowest BCUT2D eigenvalue weighted by atomic mass is 10.0. The maximum absolute atomic E-state index is 12.8. The summed E-state index contributed by atoms with van der Waals surface area (Å²) in [4.78, 5) is 31.5. The van der Waals surface area contributed by atoms with Crippen LogP contribution in [0.1, 0.15) is 23.6 Å². The number of aryl methyl sites for hydroxylation is 3. The number of morpholine rings is 1. The molecule has 29 heavy (non-hydrogen) atoms. The maximum Gasteiger partial charge on any atom is 0.241 e. The average molecular weight is 403 g/mol. The van der Waals surface area contributed by atoms with E-state index in [0.29, 0.717) is 32.8 Å². The van der Waals surface area contributed by atoms with Crippen LogP contribution in [0.4, 0.5) is 5.69 Å². The number of ether oxygens (including phenoxy) is 1. The Morgan fingerprint density at radius 2 is 1.59 bits per heavy atom. The van der Waals surface area contributed by atoms with Gasteiger partial charge in [0.05, 0.1) is 25.8 Å². The number of hydrogen-bond donors (Lipinski definition) is 1. The fourth-order valence-electron chi connectivity index (χ4n) is 4.18. The lowest BCUT2D eigenvalue weighted by Gasteiger charge is -2.38. The van der Waals surface area contributed by atoms with Crippen LogP contribution in [0.3, 0.4) is 0 Å². The zero-order valence-electron chi connectivity index (χ0n) is 18.2. The Bertz CT molecular complexity index is 715. The highest BCUT2D eigenvalue weighted by molar-refractivity contribution is 5.96. The monoisotopic (exact) mass is 402 g/mol. The van der Waals surface area contributed by atoms with Crippen LogP contribution in [0, 0.1) is 20.8 Å². The number of carbonyl (C=O) groups excluding carboxylic acids is 2. The van der Waals surface area contributed by atoms with Crippen molar-refractivity contribution in [1.82, 2.24) is 14.7 Å². The van der Waals surface area contributed by atoms with Gasteiger partial charge in [-0.1, -0.05) is 17.7 Å². The standard InChI is InChI=1S/C22H34N4O3/c1-16-13-17(2)21(18(3)14-16)23-22(28)19(4)25-7-5-24(6-8-25)15-20(27)26-9-11-29-12-10-26/h13-14,19H,5-12,15H2,1-4H3,(H,23,28)/t19-/m1/s1. The normalized spacial score (nSPS) is 19.8. The Kier molecular flexibility index (Phi) is 7.27. The molecule has 0 aliphatic carbocycles. The third kappa shape index (κ3) is 5.56.